The van der Waals surface area contributed by atoms with Crippen LogP contribution in [0.1, 0.15) is 11.1 Å². The number of pyridine rings is 1. The Morgan fingerprint density at radius 2 is 2.00 bits per heavy atom. The first kappa shape index (κ1) is 13.1. The van der Waals surface area contributed by atoms with Crippen molar-refractivity contribution in [1.82, 2.24) is 4.98 Å². The number of aliphatic hydroxyl groups excluding tert-OH is 1. The summed E-state index contributed by atoms with van der Waals surface area (Å²) in [7, 11) is 0. The molecule has 1 aromatic carbocycles. The standard InChI is InChI=1S/C13H11Cl2NO2/c14-11-5-9(7-17)1-2-13(11)18-8-10-3-4-16-6-12(10)15/h1-6,17H,7-8H2. The van der Waals surface area contributed by atoms with Crippen molar-refractivity contribution in [3.05, 3.63) is 57.8 Å². The number of hydrogen-bond acceptors (Lipinski definition) is 3. The van der Waals surface area contributed by atoms with Crippen LogP contribution in [0.2, 0.25) is 10.0 Å². The van der Waals surface area contributed by atoms with Gasteiger partial charge in [-0.1, -0.05) is 29.3 Å². The third kappa shape index (κ3) is 3.13. The molecular weight excluding hydrogens is 273 g/mol. The van der Waals surface area contributed by atoms with Gasteiger partial charge in [0.15, 0.2) is 0 Å². The van der Waals surface area contributed by atoms with Crippen molar-refractivity contribution < 1.29 is 9.84 Å². The number of halogens is 2. The zero-order valence-electron chi connectivity index (χ0n) is 9.44. The van der Waals surface area contributed by atoms with E-state index in [1.165, 1.54) is 0 Å². The molecule has 0 unspecified atom stereocenters. The first-order valence-corrected chi connectivity index (χ1v) is 6.07. The van der Waals surface area contributed by atoms with E-state index >= 15 is 0 Å². The Hall–Kier alpha value is -1.29. The largest absolute Gasteiger partial charge is 0.487 e. The van der Waals surface area contributed by atoms with Crippen molar-refractivity contribution in [2.45, 2.75) is 13.2 Å². The van der Waals surface area contributed by atoms with Crippen LogP contribution in [0, 0.1) is 0 Å². The van der Waals surface area contributed by atoms with E-state index < -0.39 is 0 Å². The second-order valence-corrected chi connectivity index (χ2v) is 4.49. The highest BCUT2D eigenvalue weighted by Crippen LogP contribution is 2.27. The third-order valence-corrected chi connectivity index (χ3v) is 3.05. The minimum atomic E-state index is -0.0455. The van der Waals surface area contributed by atoms with Gasteiger partial charge in [-0.3, -0.25) is 4.98 Å². The second-order valence-electron chi connectivity index (χ2n) is 3.68. The van der Waals surface area contributed by atoms with Crippen LogP contribution < -0.4 is 4.74 Å². The van der Waals surface area contributed by atoms with Crippen LogP contribution in [0.15, 0.2) is 36.7 Å². The van der Waals surface area contributed by atoms with Crippen molar-refractivity contribution in [3.8, 4) is 5.75 Å². The number of aromatic nitrogens is 1. The summed E-state index contributed by atoms with van der Waals surface area (Å²) in [5.74, 6) is 0.557. The molecule has 3 nitrogen and oxygen atoms in total. The SMILES string of the molecule is OCc1ccc(OCc2ccncc2Cl)c(Cl)c1. The molecule has 2 aromatic rings. The summed E-state index contributed by atoms with van der Waals surface area (Å²) < 4.78 is 5.58. The van der Waals surface area contributed by atoms with Crippen molar-refractivity contribution in [2.24, 2.45) is 0 Å². The Bertz CT molecular complexity index is 546. The van der Waals surface area contributed by atoms with Crippen molar-refractivity contribution in [3.63, 3.8) is 0 Å². The lowest BCUT2D eigenvalue weighted by atomic mass is 10.2. The van der Waals surface area contributed by atoms with Gasteiger partial charge in [-0.05, 0) is 23.8 Å². The maximum absolute atomic E-state index is 8.97. The predicted molar refractivity (Wildman–Crippen MR) is 71.0 cm³/mol. The molecule has 0 atom stereocenters. The molecular formula is C13H11Cl2NO2. The smallest absolute Gasteiger partial charge is 0.138 e. The summed E-state index contributed by atoms with van der Waals surface area (Å²) in [6, 6.07) is 6.95. The molecule has 0 bridgehead atoms. The Morgan fingerprint density at radius 1 is 1.17 bits per heavy atom. The van der Waals surface area contributed by atoms with Crippen molar-refractivity contribution >= 4 is 23.2 Å². The molecule has 2 rings (SSSR count). The summed E-state index contributed by atoms with van der Waals surface area (Å²) in [4.78, 5) is 3.90. The fourth-order valence-electron chi connectivity index (χ4n) is 1.44. The predicted octanol–water partition coefficient (Wildman–Crippen LogP) is 3.46. The Kier molecular flexibility index (Phi) is 4.42. The summed E-state index contributed by atoms with van der Waals surface area (Å²) in [5, 5.41) is 9.99. The van der Waals surface area contributed by atoms with Gasteiger partial charge in [0.2, 0.25) is 0 Å². The fourth-order valence-corrected chi connectivity index (χ4v) is 1.87. The number of ether oxygens (including phenoxy) is 1. The van der Waals surface area contributed by atoms with Crippen LogP contribution in [0.4, 0.5) is 0 Å². The highest BCUT2D eigenvalue weighted by Gasteiger charge is 2.05. The minimum absolute atomic E-state index is 0.0455. The fraction of sp³-hybridized carbons (Fsp3) is 0.154. The molecule has 0 aliphatic carbocycles. The van der Waals surface area contributed by atoms with Crippen LogP contribution in [0.25, 0.3) is 0 Å². The summed E-state index contributed by atoms with van der Waals surface area (Å²) in [6.07, 6.45) is 3.22. The van der Waals surface area contributed by atoms with E-state index in [1.807, 2.05) is 0 Å². The monoisotopic (exact) mass is 283 g/mol. The van der Waals surface area contributed by atoms with E-state index in [4.69, 9.17) is 33.0 Å². The number of rotatable bonds is 4. The van der Waals surface area contributed by atoms with Crippen molar-refractivity contribution in [1.29, 1.82) is 0 Å². The van der Waals surface area contributed by atoms with E-state index in [-0.39, 0.29) is 6.61 Å². The van der Waals surface area contributed by atoms with Gasteiger partial charge in [0.25, 0.3) is 0 Å². The number of nitrogens with zero attached hydrogens (tertiary/aromatic N) is 1. The molecule has 18 heavy (non-hydrogen) atoms. The highest BCUT2D eigenvalue weighted by molar-refractivity contribution is 6.32. The van der Waals surface area contributed by atoms with Gasteiger partial charge in [-0.25, -0.2) is 0 Å². The van der Waals surface area contributed by atoms with Gasteiger partial charge >= 0.3 is 0 Å². The molecule has 0 saturated carbocycles. The average molecular weight is 284 g/mol. The van der Waals surface area contributed by atoms with E-state index in [9.17, 15) is 0 Å². The molecule has 1 N–H and O–H groups in total. The Balaban J connectivity index is 2.09. The molecule has 0 spiro atoms. The Labute approximate surface area is 115 Å². The highest BCUT2D eigenvalue weighted by atomic mass is 35.5. The molecule has 0 aliphatic rings. The zero-order valence-corrected chi connectivity index (χ0v) is 10.9. The first-order valence-electron chi connectivity index (χ1n) is 5.31. The number of hydrogen-bond donors (Lipinski definition) is 1. The zero-order chi connectivity index (χ0) is 13.0. The van der Waals surface area contributed by atoms with Gasteiger partial charge in [-0.2, -0.15) is 0 Å². The summed E-state index contributed by atoms with van der Waals surface area (Å²) >= 11 is 12.0. The maximum Gasteiger partial charge on any atom is 0.138 e. The average Bonchev–Trinajstić information content (AvgIpc) is 2.39. The normalized spacial score (nSPS) is 10.4. The maximum atomic E-state index is 8.97. The van der Waals surface area contributed by atoms with Gasteiger partial charge in [0, 0.05) is 18.0 Å². The molecule has 0 fully saturated rings. The summed E-state index contributed by atoms with van der Waals surface area (Å²) in [5.41, 5.74) is 1.59. The molecule has 0 saturated heterocycles. The third-order valence-electron chi connectivity index (χ3n) is 2.42. The van der Waals surface area contributed by atoms with Crippen molar-refractivity contribution in [2.75, 3.05) is 0 Å². The molecule has 1 heterocycles. The van der Waals surface area contributed by atoms with E-state index in [0.717, 1.165) is 11.1 Å². The lowest BCUT2D eigenvalue weighted by Crippen LogP contribution is -1.97. The first-order chi connectivity index (χ1) is 8.70. The second kappa shape index (κ2) is 6.05. The van der Waals surface area contributed by atoms with Gasteiger partial charge in [-0.15, -0.1) is 0 Å². The van der Waals surface area contributed by atoms with Crippen LogP contribution in [-0.4, -0.2) is 10.1 Å². The molecule has 0 amide bonds. The molecule has 94 valence electrons. The number of aliphatic hydroxyl groups is 1. The van der Waals surface area contributed by atoms with Crippen LogP contribution in [-0.2, 0) is 13.2 Å². The molecule has 1 aromatic heterocycles. The topological polar surface area (TPSA) is 42.4 Å². The van der Waals surface area contributed by atoms with Crippen LogP contribution in [0.3, 0.4) is 0 Å². The van der Waals surface area contributed by atoms with E-state index in [1.54, 1.807) is 36.7 Å². The van der Waals surface area contributed by atoms with E-state index in [2.05, 4.69) is 4.98 Å². The number of benzene rings is 1. The van der Waals surface area contributed by atoms with Gasteiger partial charge in [0.1, 0.15) is 12.4 Å². The quantitative estimate of drug-likeness (QED) is 0.934. The van der Waals surface area contributed by atoms with Gasteiger partial charge in [0.05, 0.1) is 16.7 Å². The Morgan fingerprint density at radius 3 is 2.67 bits per heavy atom. The lowest BCUT2D eigenvalue weighted by Gasteiger charge is -2.09. The van der Waals surface area contributed by atoms with Crippen LogP contribution in [0.5, 0.6) is 5.75 Å². The summed E-state index contributed by atoms with van der Waals surface area (Å²) in [6.45, 7) is 0.274. The van der Waals surface area contributed by atoms with Gasteiger partial charge < -0.3 is 9.84 Å². The molecule has 0 aliphatic heterocycles. The van der Waals surface area contributed by atoms with E-state index in [0.29, 0.717) is 22.4 Å². The molecule has 0 radical (unpaired) electrons. The molecule has 5 heteroatoms. The minimum Gasteiger partial charge on any atom is -0.487 e. The lowest BCUT2D eigenvalue weighted by molar-refractivity contribution is 0.281. The van der Waals surface area contributed by atoms with Crippen LogP contribution >= 0.6 is 23.2 Å².